The first-order chi connectivity index (χ1) is 9.32. The van der Waals surface area contributed by atoms with Crippen LogP contribution in [0, 0.1) is 0 Å². The second-order valence-corrected chi connectivity index (χ2v) is 7.47. The van der Waals surface area contributed by atoms with Crippen molar-refractivity contribution in [2.45, 2.75) is 19.4 Å². The van der Waals surface area contributed by atoms with Crippen molar-refractivity contribution >= 4 is 33.4 Å². The summed E-state index contributed by atoms with van der Waals surface area (Å²) in [6.07, 6.45) is 0.617. The van der Waals surface area contributed by atoms with Crippen LogP contribution < -0.4 is 0 Å². The van der Waals surface area contributed by atoms with Crippen LogP contribution in [0.1, 0.15) is 24.9 Å². The highest BCUT2D eigenvalue weighted by atomic mass is 35.5. The van der Waals surface area contributed by atoms with Crippen molar-refractivity contribution in [1.82, 2.24) is 8.61 Å². The van der Waals surface area contributed by atoms with Crippen molar-refractivity contribution in [2.75, 3.05) is 26.5 Å². The summed E-state index contributed by atoms with van der Waals surface area (Å²) in [7, 11) is -0.417. The van der Waals surface area contributed by atoms with Gasteiger partial charge in [-0.1, -0.05) is 29.8 Å². The zero-order valence-electron chi connectivity index (χ0n) is 11.9. The molecule has 20 heavy (non-hydrogen) atoms. The van der Waals surface area contributed by atoms with Crippen LogP contribution in [0.3, 0.4) is 0 Å². The lowest BCUT2D eigenvalue weighted by atomic mass is 10.1. The number of alkyl halides is 1. The van der Waals surface area contributed by atoms with Gasteiger partial charge in [0, 0.05) is 37.6 Å². The molecule has 0 heterocycles. The van der Waals surface area contributed by atoms with Gasteiger partial charge in [-0.15, -0.1) is 11.6 Å². The van der Waals surface area contributed by atoms with E-state index in [-0.39, 0.29) is 6.04 Å². The molecule has 0 aliphatic rings. The van der Waals surface area contributed by atoms with Crippen LogP contribution in [0.4, 0.5) is 0 Å². The predicted octanol–water partition coefficient (Wildman–Crippen LogP) is 3.14. The second kappa shape index (κ2) is 7.61. The van der Waals surface area contributed by atoms with Crippen LogP contribution in [-0.2, 0) is 10.2 Å². The summed E-state index contributed by atoms with van der Waals surface area (Å²) in [6, 6.07) is 6.91. The molecule has 1 rings (SSSR count). The fourth-order valence-electron chi connectivity index (χ4n) is 1.83. The minimum Gasteiger partial charge on any atom is -0.195 e. The average Bonchev–Trinajstić information content (AvgIpc) is 2.43. The molecule has 0 N–H and O–H groups in total. The molecule has 1 unspecified atom stereocenters. The highest BCUT2D eigenvalue weighted by molar-refractivity contribution is 7.86. The Morgan fingerprint density at radius 2 is 1.85 bits per heavy atom. The number of hydrogen-bond donors (Lipinski definition) is 0. The maximum atomic E-state index is 12.4. The molecule has 114 valence electrons. The van der Waals surface area contributed by atoms with E-state index in [2.05, 4.69) is 0 Å². The van der Waals surface area contributed by atoms with E-state index in [1.165, 1.54) is 8.61 Å². The number of nitrogens with zero attached hydrogens (tertiary/aromatic N) is 2. The fourth-order valence-corrected chi connectivity index (χ4v) is 3.55. The third-order valence-corrected chi connectivity index (χ3v) is 5.89. The van der Waals surface area contributed by atoms with Crippen molar-refractivity contribution in [3.63, 3.8) is 0 Å². The fraction of sp³-hybridized carbons (Fsp3) is 0.538. The van der Waals surface area contributed by atoms with Gasteiger partial charge in [0.15, 0.2) is 0 Å². The first-order valence-corrected chi connectivity index (χ1v) is 8.63. The Morgan fingerprint density at radius 1 is 1.25 bits per heavy atom. The molecule has 1 aromatic carbocycles. The van der Waals surface area contributed by atoms with E-state index in [0.29, 0.717) is 23.9 Å². The zero-order chi connectivity index (χ0) is 15.3. The van der Waals surface area contributed by atoms with Crippen LogP contribution in [0.5, 0.6) is 0 Å². The first-order valence-electron chi connectivity index (χ1n) is 6.32. The Labute approximate surface area is 131 Å². The van der Waals surface area contributed by atoms with Gasteiger partial charge < -0.3 is 0 Å². The maximum absolute atomic E-state index is 12.4. The van der Waals surface area contributed by atoms with E-state index in [9.17, 15) is 8.42 Å². The van der Waals surface area contributed by atoms with E-state index < -0.39 is 10.2 Å². The molecular formula is C13H20Cl2N2O2S. The normalized spacial score (nSPS) is 13.9. The molecule has 0 aliphatic carbocycles. The molecule has 0 fully saturated rings. The highest BCUT2D eigenvalue weighted by Gasteiger charge is 2.28. The molecule has 0 amide bonds. The van der Waals surface area contributed by atoms with E-state index in [1.807, 2.05) is 25.1 Å². The van der Waals surface area contributed by atoms with Gasteiger partial charge in [0.2, 0.25) is 0 Å². The molecule has 0 aromatic heterocycles. The van der Waals surface area contributed by atoms with E-state index in [1.54, 1.807) is 20.2 Å². The molecule has 0 saturated heterocycles. The Balaban J connectivity index is 2.93. The average molecular weight is 339 g/mol. The lowest BCUT2D eigenvalue weighted by molar-refractivity contribution is 0.349. The molecule has 0 saturated carbocycles. The molecule has 7 heteroatoms. The van der Waals surface area contributed by atoms with Gasteiger partial charge in [0.05, 0.1) is 0 Å². The molecule has 0 spiro atoms. The standard InChI is InChI=1S/C13H20Cl2N2O2S/c1-11(12-7-4-5-8-13(12)15)17(3)20(18,19)16(2)10-6-9-14/h4-5,7-8,11H,6,9-10H2,1-3H3. The summed E-state index contributed by atoms with van der Waals surface area (Å²) in [6.45, 7) is 2.21. The van der Waals surface area contributed by atoms with Gasteiger partial charge in [-0.05, 0) is 25.0 Å². The molecule has 0 aliphatic heterocycles. The van der Waals surface area contributed by atoms with Gasteiger partial charge in [-0.3, -0.25) is 0 Å². The molecule has 1 atom stereocenters. The summed E-state index contributed by atoms with van der Waals surface area (Å²) < 4.78 is 27.5. The highest BCUT2D eigenvalue weighted by Crippen LogP contribution is 2.28. The Kier molecular flexibility index (Phi) is 6.75. The van der Waals surface area contributed by atoms with Crippen LogP contribution in [-0.4, -0.2) is 43.5 Å². The van der Waals surface area contributed by atoms with Crippen LogP contribution in [0.2, 0.25) is 5.02 Å². The maximum Gasteiger partial charge on any atom is 0.282 e. The second-order valence-electron chi connectivity index (χ2n) is 4.59. The predicted molar refractivity (Wildman–Crippen MR) is 84.5 cm³/mol. The first kappa shape index (κ1) is 17.7. The monoisotopic (exact) mass is 338 g/mol. The molecular weight excluding hydrogens is 319 g/mol. The van der Waals surface area contributed by atoms with Crippen LogP contribution >= 0.6 is 23.2 Å². The minimum absolute atomic E-state index is 0.341. The van der Waals surface area contributed by atoms with Crippen molar-refractivity contribution in [3.8, 4) is 0 Å². The summed E-state index contributed by atoms with van der Waals surface area (Å²) >= 11 is 11.7. The third-order valence-electron chi connectivity index (χ3n) is 3.27. The molecule has 4 nitrogen and oxygen atoms in total. The van der Waals surface area contributed by atoms with Gasteiger partial charge >= 0.3 is 0 Å². The lowest BCUT2D eigenvalue weighted by Crippen LogP contribution is -2.41. The number of halogens is 2. The molecule has 0 bridgehead atoms. The van der Waals surface area contributed by atoms with Crippen molar-refractivity contribution < 1.29 is 8.42 Å². The van der Waals surface area contributed by atoms with Gasteiger partial charge in [-0.25, -0.2) is 0 Å². The van der Waals surface area contributed by atoms with Crippen LogP contribution in [0.15, 0.2) is 24.3 Å². The summed E-state index contributed by atoms with van der Waals surface area (Å²) in [5, 5.41) is 0.561. The Hall–Kier alpha value is -0.330. The largest absolute Gasteiger partial charge is 0.282 e. The Bertz CT molecular complexity index is 537. The number of rotatable bonds is 7. The van der Waals surface area contributed by atoms with Crippen molar-refractivity contribution in [2.24, 2.45) is 0 Å². The SMILES string of the molecule is CC(c1ccccc1Cl)N(C)S(=O)(=O)N(C)CCCCl. The van der Waals surface area contributed by atoms with Crippen LogP contribution in [0.25, 0.3) is 0 Å². The Morgan fingerprint density at radius 3 is 2.40 bits per heavy atom. The summed E-state index contributed by atoms with van der Waals surface area (Å²) in [5.74, 6) is 0.434. The lowest BCUT2D eigenvalue weighted by Gasteiger charge is -2.29. The summed E-state index contributed by atoms with van der Waals surface area (Å²) in [4.78, 5) is 0. The summed E-state index contributed by atoms with van der Waals surface area (Å²) in [5.41, 5.74) is 0.783. The quantitative estimate of drug-likeness (QED) is 0.716. The third kappa shape index (κ3) is 4.09. The smallest absolute Gasteiger partial charge is 0.195 e. The van der Waals surface area contributed by atoms with Gasteiger partial charge in [-0.2, -0.15) is 17.0 Å². The molecule has 1 aromatic rings. The van der Waals surface area contributed by atoms with E-state index in [4.69, 9.17) is 23.2 Å². The van der Waals surface area contributed by atoms with Gasteiger partial charge in [0.1, 0.15) is 0 Å². The zero-order valence-corrected chi connectivity index (χ0v) is 14.2. The van der Waals surface area contributed by atoms with Crippen molar-refractivity contribution in [3.05, 3.63) is 34.9 Å². The van der Waals surface area contributed by atoms with E-state index in [0.717, 1.165) is 5.56 Å². The topological polar surface area (TPSA) is 40.6 Å². The minimum atomic E-state index is -3.53. The number of hydrogen-bond acceptors (Lipinski definition) is 2. The van der Waals surface area contributed by atoms with Gasteiger partial charge in [0.25, 0.3) is 10.2 Å². The number of benzene rings is 1. The van der Waals surface area contributed by atoms with E-state index >= 15 is 0 Å². The molecule has 0 radical (unpaired) electrons. The van der Waals surface area contributed by atoms with Crippen molar-refractivity contribution in [1.29, 1.82) is 0 Å².